The van der Waals surface area contributed by atoms with Crippen LogP contribution in [0.1, 0.15) is 24.2 Å². The molecule has 0 aliphatic carbocycles. The van der Waals surface area contributed by atoms with E-state index in [9.17, 15) is 14.4 Å². The number of nitrogens with one attached hydrogen (secondary N) is 1. The Kier molecular flexibility index (Phi) is 8.92. The molecule has 0 spiro atoms. The van der Waals surface area contributed by atoms with Crippen LogP contribution in [-0.2, 0) is 19.1 Å². The molecule has 178 valence electrons. The van der Waals surface area contributed by atoms with Crippen molar-refractivity contribution in [2.75, 3.05) is 18.5 Å². The van der Waals surface area contributed by atoms with Crippen molar-refractivity contribution < 1.29 is 28.6 Å². The van der Waals surface area contributed by atoms with Crippen LogP contribution in [-0.4, -0.2) is 37.2 Å². The molecule has 10 heteroatoms. The minimum absolute atomic E-state index is 0.184. The van der Waals surface area contributed by atoms with Crippen LogP contribution in [0.25, 0.3) is 11.1 Å². The molecule has 3 aromatic rings. The number of anilines is 1. The summed E-state index contributed by atoms with van der Waals surface area (Å²) in [6.07, 6.45) is -1.02. The van der Waals surface area contributed by atoms with Gasteiger partial charge in [-0.05, 0) is 37.6 Å². The van der Waals surface area contributed by atoms with Crippen molar-refractivity contribution in [2.45, 2.75) is 20.0 Å². The lowest BCUT2D eigenvalue weighted by Gasteiger charge is -2.15. The fourth-order valence-electron chi connectivity index (χ4n) is 2.91. The molecule has 0 radical (unpaired) electrons. The van der Waals surface area contributed by atoms with Gasteiger partial charge >= 0.3 is 11.9 Å². The molecule has 0 saturated carbocycles. The smallest absolute Gasteiger partial charge is 0.347 e. The number of rotatable bonds is 9. The second-order valence-corrected chi connectivity index (χ2v) is 8.65. The van der Waals surface area contributed by atoms with E-state index in [0.717, 1.165) is 5.56 Å². The topological polar surface area (TPSA) is 90.9 Å². The summed E-state index contributed by atoms with van der Waals surface area (Å²) >= 11 is 13.1. The molecule has 2 aromatic carbocycles. The van der Waals surface area contributed by atoms with Gasteiger partial charge in [0, 0.05) is 16.0 Å². The summed E-state index contributed by atoms with van der Waals surface area (Å²) in [5, 5.41) is 5.35. The number of halogens is 2. The van der Waals surface area contributed by atoms with Crippen LogP contribution in [0, 0.1) is 0 Å². The van der Waals surface area contributed by atoms with Crippen LogP contribution in [0.4, 0.5) is 5.00 Å². The summed E-state index contributed by atoms with van der Waals surface area (Å²) in [5.41, 5.74) is 1.69. The van der Waals surface area contributed by atoms with Gasteiger partial charge in [-0.1, -0.05) is 53.5 Å². The van der Waals surface area contributed by atoms with Crippen LogP contribution in [0.2, 0.25) is 10.0 Å². The van der Waals surface area contributed by atoms with Gasteiger partial charge < -0.3 is 19.5 Å². The zero-order valence-corrected chi connectivity index (χ0v) is 20.6. The average Bonchev–Trinajstić information content (AvgIpc) is 3.23. The maximum absolute atomic E-state index is 12.6. The van der Waals surface area contributed by atoms with E-state index in [1.54, 1.807) is 18.4 Å². The Morgan fingerprint density at radius 1 is 1.06 bits per heavy atom. The molecule has 1 amide bonds. The SMILES string of the molecule is CCOC(=O)c1c(-c2ccccc2)csc1NC(=O)COC(=O)C(C)Oc1ccc(Cl)cc1Cl. The summed E-state index contributed by atoms with van der Waals surface area (Å²) < 4.78 is 15.7. The highest BCUT2D eigenvalue weighted by atomic mass is 35.5. The fraction of sp³-hybridized carbons (Fsp3) is 0.208. The number of hydrogen-bond donors (Lipinski definition) is 1. The van der Waals surface area contributed by atoms with E-state index in [0.29, 0.717) is 15.6 Å². The number of carbonyl (C=O) groups excluding carboxylic acids is 3. The normalized spacial score (nSPS) is 11.4. The molecule has 7 nitrogen and oxygen atoms in total. The number of esters is 2. The fourth-order valence-corrected chi connectivity index (χ4v) is 4.34. The van der Waals surface area contributed by atoms with Gasteiger partial charge in [-0.3, -0.25) is 4.79 Å². The molecule has 1 aromatic heterocycles. The highest BCUT2D eigenvalue weighted by Gasteiger charge is 2.24. The van der Waals surface area contributed by atoms with Crippen LogP contribution >= 0.6 is 34.5 Å². The first-order valence-corrected chi connectivity index (χ1v) is 11.9. The third-order valence-corrected chi connectivity index (χ3v) is 5.91. The second kappa shape index (κ2) is 11.9. The van der Waals surface area contributed by atoms with Gasteiger partial charge in [-0.15, -0.1) is 11.3 Å². The Balaban J connectivity index is 1.64. The van der Waals surface area contributed by atoms with Gasteiger partial charge in [0.15, 0.2) is 12.7 Å². The number of thiophene rings is 1. The lowest BCUT2D eigenvalue weighted by atomic mass is 10.0. The van der Waals surface area contributed by atoms with Gasteiger partial charge in [0.05, 0.1) is 11.6 Å². The van der Waals surface area contributed by atoms with Crippen molar-refractivity contribution >= 4 is 57.4 Å². The molecule has 0 fully saturated rings. The lowest BCUT2D eigenvalue weighted by molar-refractivity contribution is -0.153. The molecule has 1 heterocycles. The number of hydrogen-bond acceptors (Lipinski definition) is 7. The van der Waals surface area contributed by atoms with E-state index in [1.165, 1.54) is 30.4 Å². The van der Waals surface area contributed by atoms with E-state index in [1.807, 2.05) is 30.3 Å². The van der Waals surface area contributed by atoms with E-state index in [2.05, 4.69) is 5.32 Å². The van der Waals surface area contributed by atoms with Gasteiger partial charge in [-0.2, -0.15) is 0 Å². The summed E-state index contributed by atoms with van der Waals surface area (Å²) in [6.45, 7) is 2.78. The Morgan fingerprint density at radius 2 is 1.79 bits per heavy atom. The Labute approximate surface area is 210 Å². The minimum Gasteiger partial charge on any atom is -0.477 e. The molecular formula is C24H21Cl2NO6S. The minimum atomic E-state index is -1.02. The molecule has 0 saturated heterocycles. The van der Waals surface area contributed by atoms with Crippen molar-refractivity contribution in [3.8, 4) is 16.9 Å². The van der Waals surface area contributed by atoms with Crippen molar-refractivity contribution in [1.29, 1.82) is 0 Å². The van der Waals surface area contributed by atoms with Crippen LogP contribution in [0.15, 0.2) is 53.9 Å². The lowest BCUT2D eigenvalue weighted by Crippen LogP contribution is -2.30. The molecule has 1 unspecified atom stereocenters. The molecule has 1 N–H and O–H groups in total. The summed E-state index contributed by atoms with van der Waals surface area (Å²) in [4.78, 5) is 37.3. The van der Waals surface area contributed by atoms with Gasteiger partial charge in [0.25, 0.3) is 5.91 Å². The van der Waals surface area contributed by atoms with Crippen molar-refractivity contribution in [1.82, 2.24) is 0 Å². The maximum Gasteiger partial charge on any atom is 0.347 e. The molecule has 34 heavy (non-hydrogen) atoms. The van der Waals surface area contributed by atoms with E-state index in [-0.39, 0.29) is 22.9 Å². The van der Waals surface area contributed by atoms with Crippen molar-refractivity contribution in [3.63, 3.8) is 0 Å². The van der Waals surface area contributed by atoms with Crippen LogP contribution in [0.5, 0.6) is 5.75 Å². The molecule has 0 aliphatic heterocycles. The molecule has 1 atom stereocenters. The van der Waals surface area contributed by atoms with Crippen LogP contribution < -0.4 is 10.1 Å². The highest BCUT2D eigenvalue weighted by molar-refractivity contribution is 7.15. The number of amides is 1. The predicted molar refractivity (Wildman–Crippen MR) is 132 cm³/mol. The standard InChI is InChI=1S/C24H21Cl2NO6S/c1-3-31-24(30)21-17(15-7-5-4-6-8-15)13-34-22(21)27-20(28)12-32-23(29)14(2)33-19-10-9-16(25)11-18(19)26/h4-11,13-14H,3,12H2,1-2H3,(H,27,28). The molecular weight excluding hydrogens is 501 g/mol. The van der Waals surface area contributed by atoms with Gasteiger partial charge in [-0.25, -0.2) is 9.59 Å². The summed E-state index contributed by atoms with van der Waals surface area (Å²) in [5.74, 6) is -1.68. The third kappa shape index (κ3) is 6.50. The van der Waals surface area contributed by atoms with Crippen LogP contribution in [0.3, 0.4) is 0 Å². The largest absolute Gasteiger partial charge is 0.477 e. The van der Waals surface area contributed by atoms with Crippen molar-refractivity contribution in [3.05, 3.63) is 69.5 Å². The first-order chi connectivity index (χ1) is 16.3. The monoisotopic (exact) mass is 521 g/mol. The first kappa shape index (κ1) is 25.6. The molecule has 0 bridgehead atoms. The van der Waals surface area contributed by atoms with E-state index >= 15 is 0 Å². The average molecular weight is 522 g/mol. The second-order valence-electron chi connectivity index (χ2n) is 6.93. The number of carbonyl (C=O) groups is 3. The summed E-state index contributed by atoms with van der Waals surface area (Å²) in [7, 11) is 0. The molecule has 3 rings (SSSR count). The van der Waals surface area contributed by atoms with Gasteiger partial charge in [0.2, 0.25) is 0 Å². The molecule has 0 aliphatic rings. The summed E-state index contributed by atoms with van der Waals surface area (Å²) in [6, 6.07) is 13.8. The zero-order chi connectivity index (χ0) is 24.7. The zero-order valence-electron chi connectivity index (χ0n) is 18.3. The van der Waals surface area contributed by atoms with Crippen molar-refractivity contribution in [2.24, 2.45) is 0 Å². The van der Waals surface area contributed by atoms with E-state index in [4.69, 9.17) is 37.4 Å². The number of benzene rings is 2. The Morgan fingerprint density at radius 3 is 2.47 bits per heavy atom. The first-order valence-electron chi connectivity index (χ1n) is 10.2. The Bertz CT molecular complexity index is 1180. The third-order valence-electron chi connectivity index (χ3n) is 4.48. The van der Waals surface area contributed by atoms with Gasteiger partial charge in [0.1, 0.15) is 16.3 Å². The Hall–Kier alpha value is -3.07. The quantitative estimate of drug-likeness (QED) is 0.355. The number of ether oxygens (including phenoxy) is 3. The van der Waals surface area contributed by atoms with E-state index < -0.39 is 30.6 Å². The maximum atomic E-state index is 12.6. The predicted octanol–water partition coefficient (Wildman–Crippen LogP) is 5.85. The highest BCUT2D eigenvalue weighted by Crippen LogP contribution is 2.36.